The Hall–Kier alpha value is -2.35. The van der Waals surface area contributed by atoms with Gasteiger partial charge in [-0.1, -0.05) is 23.7 Å². The Balaban J connectivity index is 1.47. The van der Waals surface area contributed by atoms with Crippen molar-refractivity contribution in [2.24, 2.45) is 0 Å². The lowest BCUT2D eigenvalue weighted by atomic mass is 10.1. The second kappa shape index (κ2) is 12.0. The van der Waals surface area contributed by atoms with Crippen molar-refractivity contribution in [2.45, 2.75) is 45.4 Å². The van der Waals surface area contributed by atoms with Crippen molar-refractivity contribution < 1.29 is 19.0 Å². The van der Waals surface area contributed by atoms with Crippen LogP contribution in [0.2, 0.25) is 5.02 Å². The van der Waals surface area contributed by atoms with E-state index in [2.05, 4.69) is 22.2 Å². The van der Waals surface area contributed by atoms with E-state index in [0.29, 0.717) is 35.7 Å². The molecule has 0 saturated carbocycles. The number of rotatable bonds is 10. The minimum Gasteiger partial charge on any atom is -0.492 e. The summed E-state index contributed by atoms with van der Waals surface area (Å²) in [5.41, 5.74) is 1.34. The fraction of sp³-hybridized carbons (Fsp3) is 0.500. The third-order valence-electron chi connectivity index (χ3n) is 5.30. The minimum atomic E-state index is -0.250. The van der Waals surface area contributed by atoms with E-state index in [4.69, 9.17) is 25.8 Å². The predicted octanol–water partition coefficient (Wildman–Crippen LogP) is 3.94. The van der Waals surface area contributed by atoms with E-state index >= 15 is 0 Å². The lowest BCUT2D eigenvalue weighted by Crippen LogP contribution is -2.38. The molecule has 1 amide bonds. The summed E-state index contributed by atoms with van der Waals surface area (Å²) in [6, 6.07) is 9.87. The molecule has 3 rings (SSSR count). The normalized spacial score (nSPS) is 14.6. The highest BCUT2D eigenvalue weighted by molar-refractivity contribution is 6.32. The van der Waals surface area contributed by atoms with Crippen LogP contribution in [0, 0.1) is 0 Å². The Morgan fingerprint density at radius 1 is 1.31 bits per heavy atom. The third-order valence-corrected chi connectivity index (χ3v) is 5.57. The zero-order chi connectivity index (χ0) is 22.9. The van der Waals surface area contributed by atoms with Crippen LogP contribution in [0.3, 0.4) is 0 Å². The van der Waals surface area contributed by atoms with Crippen LogP contribution in [0.4, 0.5) is 0 Å². The summed E-state index contributed by atoms with van der Waals surface area (Å²) in [5, 5.41) is 3.21. The standard InChI is InChI=1S/C24H32ClN3O4/c1-17(2)32-24-22(25)14-19(16-27-24)23(29)26-15-18-5-4-6-21(13-18)31-12-9-28(3)20-7-10-30-11-8-20/h4-6,13-14,16-17,20H,7-12,15H2,1-3H3,(H,26,29). The number of halogens is 1. The Morgan fingerprint density at radius 3 is 2.81 bits per heavy atom. The lowest BCUT2D eigenvalue weighted by molar-refractivity contribution is 0.0392. The molecule has 0 unspecified atom stereocenters. The molecule has 1 fully saturated rings. The maximum atomic E-state index is 12.5. The Bertz CT molecular complexity index is 887. The molecular formula is C24H32ClN3O4. The van der Waals surface area contributed by atoms with E-state index in [9.17, 15) is 4.79 Å². The van der Waals surface area contributed by atoms with E-state index in [0.717, 1.165) is 43.9 Å². The minimum absolute atomic E-state index is 0.0450. The number of nitrogens with one attached hydrogen (secondary N) is 1. The molecule has 1 N–H and O–H groups in total. The molecule has 0 spiro atoms. The van der Waals surface area contributed by atoms with Gasteiger partial charge in [0.25, 0.3) is 5.91 Å². The van der Waals surface area contributed by atoms with Gasteiger partial charge >= 0.3 is 0 Å². The molecular weight excluding hydrogens is 430 g/mol. The van der Waals surface area contributed by atoms with Crippen molar-refractivity contribution in [2.75, 3.05) is 33.4 Å². The highest BCUT2D eigenvalue weighted by atomic mass is 35.5. The van der Waals surface area contributed by atoms with Crippen LogP contribution in [-0.4, -0.2) is 61.3 Å². The topological polar surface area (TPSA) is 72.9 Å². The molecule has 1 aliphatic rings. The molecule has 7 nitrogen and oxygen atoms in total. The van der Waals surface area contributed by atoms with Crippen LogP contribution in [0.25, 0.3) is 0 Å². The number of likely N-dealkylation sites (N-methyl/N-ethyl adjacent to an activating group) is 1. The molecule has 1 saturated heterocycles. The quantitative estimate of drug-likeness (QED) is 0.577. The summed E-state index contributed by atoms with van der Waals surface area (Å²) in [6.07, 6.45) is 3.56. The van der Waals surface area contributed by atoms with Crippen molar-refractivity contribution in [3.05, 3.63) is 52.7 Å². The average molecular weight is 462 g/mol. The molecule has 0 aliphatic carbocycles. The van der Waals surface area contributed by atoms with Gasteiger partial charge in [-0.2, -0.15) is 0 Å². The molecule has 1 aliphatic heterocycles. The van der Waals surface area contributed by atoms with Crippen LogP contribution < -0.4 is 14.8 Å². The van der Waals surface area contributed by atoms with Gasteiger partial charge in [0.1, 0.15) is 17.4 Å². The second-order valence-corrected chi connectivity index (χ2v) is 8.59. The Kier molecular flexibility index (Phi) is 9.14. The van der Waals surface area contributed by atoms with Gasteiger partial charge in [0, 0.05) is 38.5 Å². The number of amides is 1. The van der Waals surface area contributed by atoms with Crippen molar-refractivity contribution in [1.29, 1.82) is 0 Å². The molecule has 1 aromatic carbocycles. The van der Waals surface area contributed by atoms with E-state index in [1.54, 1.807) is 6.07 Å². The van der Waals surface area contributed by atoms with Gasteiger partial charge < -0.3 is 19.5 Å². The van der Waals surface area contributed by atoms with Gasteiger partial charge in [0.15, 0.2) is 0 Å². The monoisotopic (exact) mass is 461 g/mol. The molecule has 0 bridgehead atoms. The molecule has 2 heterocycles. The summed E-state index contributed by atoms with van der Waals surface area (Å²) in [7, 11) is 2.13. The zero-order valence-electron chi connectivity index (χ0n) is 19.0. The maximum absolute atomic E-state index is 12.5. The number of carbonyl (C=O) groups excluding carboxylic acids is 1. The number of aromatic nitrogens is 1. The summed E-state index contributed by atoms with van der Waals surface area (Å²) in [4.78, 5) is 19.0. The number of benzene rings is 1. The molecule has 0 atom stereocenters. The first-order valence-corrected chi connectivity index (χ1v) is 11.4. The van der Waals surface area contributed by atoms with Gasteiger partial charge in [-0.3, -0.25) is 9.69 Å². The first-order valence-electron chi connectivity index (χ1n) is 11.0. The third kappa shape index (κ3) is 7.36. The number of hydrogen-bond donors (Lipinski definition) is 1. The van der Waals surface area contributed by atoms with Crippen LogP contribution in [-0.2, 0) is 11.3 Å². The van der Waals surface area contributed by atoms with Gasteiger partial charge in [0.05, 0.1) is 11.7 Å². The van der Waals surface area contributed by atoms with Gasteiger partial charge in [-0.25, -0.2) is 4.98 Å². The highest BCUT2D eigenvalue weighted by Gasteiger charge is 2.18. The van der Waals surface area contributed by atoms with E-state index in [1.165, 1.54) is 6.20 Å². The molecule has 2 aromatic rings. The summed E-state index contributed by atoms with van der Waals surface area (Å²) < 4.78 is 16.9. The number of carbonyl (C=O) groups is 1. The van der Waals surface area contributed by atoms with Crippen molar-refractivity contribution in [3.63, 3.8) is 0 Å². The SMILES string of the molecule is CC(C)Oc1ncc(C(=O)NCc2cccc(OCCN(C)C3CCOCC3)c2)cc1Cl. The molecule has 0 radical (unpaired) electrons. The van der Waals surface area contributed by atoms with Crippen LogP contribution in [0.5, 0.6) is 11.6 Å². The fourth-order valence-corrected chi connectivity index (χ4v) is 3.72. The van der Waals surface area contributed by atoms with Crippen LogP contribution >= 0.6 is 11.6 Å². The van der Waals surface area contributed by atoms with Crippen molar-refractivity contribution >= 4 is 17.5 Å². The van der Waals surface area contributed by atoms with Crippen molar-refractivity contribution in [1.82, 2.24) is 15.2 Å². The summed E-state index contributed by atoms with van der Waals surface area (Å²) >= 11 is 6.18. The number of pyridine rings is 1. The molecule has 174 valence electrons. The van der Waals surface area contributed by atoms with E-state index < -0.39 is 0 Å². The highest BCUT2D eigenvalue weighted by Crippen LogP contribution is 2.23. The number of hydrogen-bond acceptors (Lipinski definition) is 6. The van der Waals surface area contributed by atoms with Crippen LogP contribution in [0.1, 0.15) is 42.6 Å². The largest absolute Gasteiger partial charge is 0.492 e. The zero-order valence-corrected chi connectivity index (χ0v) is 19.7. The van der Waals surface area contributed by atoms with Crippen molar-refractivity contribution in [3.8, 4) is 11.6 Å². The van der Waals surface area contributed by atoms with Gasteiger partial charge in [0.2, 0.25) is 5.88 Å². The first-order chi connectivity index (χ1) is 15.4. The van der Waals surface area contributed by atoms with Gasteiger partial charge in [-0.05, 0) is 57.5 Å². The number of nitrogens with zero attached hydrogens (tertiary/aromatic N) is 2. The van der Waals surface area contributed by atoms with Gasteiger partial charge in [-0.15, -0.1) is 0 Å². The van der Waals surface area contributed by atoms with Crippen LogP contribution in [0.15, 0.2) is 36.5 Å². The molecule has 8 heteroatoms. The number of ether oxygens (including phenoxy) is 3. The smallest absolute Gasteiger partial charge is 0.253 e. The Labute approximate surface area is 195 Å². The average Bonchev–Trinajstić information content (AvgIpc) is 2.79. The molecule has 1 aromatic heterocycles. The lowest BCUT2D eigenvalue weighted by Gasteiger charge is -2.31. The van der Waals surface area contributed by atoms with E-state index in [-0.39, 0.29) is 12.0 Å². The van der Waals surface area contributed by atoms with E-state index in [1.807, 2.05) is 38.1 Å². The first kappa shape index (κ1) is 24.3. The maximum Gasteiger partial charge on any atom is 0.253 e. The summed E-state index contributed by atoms with van der Waals surface area (Å²) in [5.74, 6) is 0.863. The second-order valence-electron chi connectivity index (χ2n) is 8.18. The fourth-order valence-electron chi connectivity index (χ4n) is 3.51. The predicted molar refractivity (Wildman–Crippen MR) is 125 cm³/mol. The molecule has 32 heavy (non-hydrogen) atoms. The summed E-state index contributed by atoms with van der Waals surface area (Å²) in [6.45, 7) is 7.29. The Morgan fingerprint density at radius 2 is 2.09 bits per heavy atom.